The van der Waals surface area contributed by atoms with Crippen LogP contribution >= 0.6 is 23.2 Å². The maximum atomic E-state index is 10.7. The summed E-state index contributed by atoms with van der Waals surface area (Å²) in [4.78, 5) is 10.7. The summed E-state index contributed by atoms with van der Waals surface area (Å²) < 4.78 is 4.54. The number of halogens is 2. The van der Waals surface area contributed by atoms with E-state index in [0.717, 1.165) is 0 Å². The molecule has 0 aliphatic rings. The van der Waals surface area contributed by atoms with Gasteiger partial charge in [0.05, 0.1) is 24.1 Å². The average Bonchev–Trinajstić information content (AvgIpc) is 2.07. The fraction of sp³-hybridized carbons (Fsp3) is 0.667. The van der Waals surface area contributed by atoms with E-state index in [-0.39, 0.29) is 11.8 Å². The average molecular weight is 213 g/mol. The molecule has 0 radical (unpaired) electrons. The number of hydrazone groups is 1. The molecule has 70 valence electrons. The Morgan fingerprint density at radius 2 is 2.08 bits per heavy atom. The minimum atomic E-state index is -0.606. The molecule has 0 saturated carbocycles. The van der Waals surface area contributed by atoms with Crippen LogP contribution in [0.5, 0.6) is 0 Å². The third-order valence-corrected chi connectivity index (χ3v) is 1.51. The van der Waals surface area contributed by atoms with Crippen molar-refractivity contribution in [3.8, 4) is 0 Å². The van der Waals surface area contributed by atoms with Crippen LogP contribution in [0.15, 0.2) is 5.10 Å². The molecule has 0 aromatic heterocycles. The number of carbonyl (C=O) groups is 1. The van der Waals surface area contributed by atoms with Gasteiger partial charge in [0.2, 0.25) is 0 Å². The van der Waals surface area contributed by atoms with Crippen LogP contribution < -0.4 is 5.43 Å². The molecule has 0 aromatic carbocycles. The lowest BCUT2D eigenvalue weighted by Crippen LogP contribution is -2.21. The molecule has 0 rings (SSSR count). The first-order valence-corrected chi connectivity index (χ1v) is 4.41. The maximum absolute atomic E-state index is 10.7. The van der Waals surface area contributed by atoms with Crippen molar-refractivity contribution in [1.82, 2.24) is 5.43 Å². The Balaban J connectivity index is 3.76. The van der Waals surface area contributed by atoms with Crippen molar-refractivity contribution in [1.29, 1.82) is 0 Å². The number of hydrogen-bond acceptors (Lipinski definition) is 3. The van der Waals surface area contributed by atoms with Gasteiger partial charge in [-0.3, -0.25) is 0 Å². The molecule has 0 aliphatic heterocycles. The normalized spacial score (nSPS) is 8.92. The van der Waals surface area contributed by atoms with Crippen LogP contribution in [0.3, 0.4) is 0 Å². The van der Waals surface area contributed by atoms with Crippen LogP contribution in [0, 0.1) is 0 Å². The molecule has 0 unspecified atom stereocenters. The molecule has 12 heavy (non-hydrogen) atoms. The van der Waals surface area contributed by atoms with E-state index in [1.54, 1.807) is 6.92 Å². The van der Waals surface area contributed by atoms with Gasteiger partial charge in [-0.15, -0.1) is 23.2 Å². The molecule has 0 aromatic rings. The SMILES string of the molecule is CCOC(=O)NN=C(CCl)CCl. The number of amides is 1. The fourth-order valence-corrected chi connectivity index (χ4v) is 0.789. The Labute approximate surface area is 80.9 Å². The van der Waals surface area contributed by atoms with E-state index >= 15 is 0 Å². The Morgan fingerprint density at radius 1 is 1.50 bits per heavy atom. The molecule has 4 nitrogen and oxygen atoms in total. The van der Waals surface area contributed by atoms with Gasteiger partial charge in [0.1, 0.15) is 0 Å². The maximum Gasteiger partial charge on any atom is 0.427 e. The summed E-state index contributed by atoms with van der Waals surface area (Å²) in [7, 11) is 0. The summed E-state index contributed by atoms with van der Waals surface area (Å²) in [6, 6.07) is 0. The van der Waals surface area contributed by atoms with E-state index in [9.17, 15) is 4.79 Å². The van der Waals surface area contributed by atoms with Crippen LogP contribution in [0.4, 0.5) is 4.79 Å². The van der Waals surface area contributed by atoms with Gasteiger partial charge in [0.25, 0.3) is 0 Å². The number of ether oxygens (including phenoxy) is 1. The highest BCUT2D eigenvalue weighted by atomic mass is 35.5. The first kappa shape index (κ1) is 11.5. The van der Waals surface area contributed by atoms with Crippen LogP contribution in [-0.2, 0) is 4.74 Å². The summed E-state index contributed by atoms with van der Waals surface area (Å²) in [5.41, 5.74) is 2.64. The smallest absolute Gasteiger partial charge is 0.427 e. The van der Waals surface area contributed by atoms with Gasteiger partial charge in [-0.2, -0.15) is 5.10 Å². The zero-order chi connectivity index (χ0) is 9.40. The second-order valence-corrected chi connectivity index (χ2v) is 2.31. The predicted octanol–water partition coefficient (Wildman–Crippen LogP) is 1.57. The minimum absolute atomic E-state index is 0.190. The molecular weight excluding hydrogens is 203 g/mol. The topological polar surface area (TPSA) is 50.7 Å². The van der Waals surface area contributed by atoms with Crippen LogP contribution in [0.1, 0.15) is 6.92 Å². The van der Waals surface area contributed by atoms with Crippen molar-refractivity contribution < 1.29 is 9.53 Å². The molecule has 0 bridgehead atoms. The molecule has 0 saturated heterocycles. The van der Waals surface area contributed by atoms with E-state index in [0.29, 0.717) is 12.3 Å². The van der Waals surface area contributed by atoms with Gasteiger partial charge in [0, 0.05) is 0 Å². The van der Waals surface area contributed by atoms with Gasteiger partial charge < -0.3 is 4.74 Å². The number of nitrogens with one attached hydrogen (secondary N) is 1. The fourth-order valence-electron chi connectivity index (χ4n) is 0.384. The third kappa shape index (κ3) is 5.21. The molecule has 0 atom stereocenters. The lowest BCUT2D eigenvalue weighted by atomic mass is 10.5. The number of hydrogen-bond donors (Lipinski definition) is 1. The third-order valence-electron chi connectivity index (χ3n) is 0.889. The summed E-state index contributed by atoms with van der Waals surface area (Å²) in [5, 5.41) is 3.61. The van der Waals surface area contributed by atoms with Crippen molar-refractivity contribution in [2.24, 2.45) is 5.10 Å². The molecule has 0 heterocycles. The lowest BCUT2D eigenvalue weighted by molar-refractivity contribution is 0.152. The van der Waals surface area contributed by atoms with E-state index in [1.165, 1.54) is 0 Å². The molecular formula is C6H10Cl2N2O2. The number of nitrogens with zero attached hydrogens (tertiary/aromatic N) is 1. The summed E-state index contributed by atoms with van der Waals surface area (Å²) in [5.74, 6) is 0.381. The van der Waals surface area contributed by atoms with Crippen molar-refractivity contribution in [2.45, 2.75) is 6.92 Å². The van der Waals surface area contributed by atoms with Gasteiger partial charge in [0.15, 0.2) is 0 Å². The molecule has 0 spiro atoms. The van der Waals surface area contributed by atoms with E-state index in [2.05, 4.69) is 15.3 Å². The molecule has 1 amide bonds. The highest BCUT2D eigenvalue weighted by Crippen LogP contribution is 1.87. The minimum Gasteiger partial charge on any atom is -0.449 e. The van der Waals surface area contributed by atoms with E-state index in [1.807, 2.05) is 0 Å². The Hall–Kier alpha value is -0.480. The van der Waals surface area contributed by atoms with Gasteiger partial charge in [-0.05, 0) is 6.92 Å². The highest BCUT2D eigenvalue weighted by Gasteiger charge is 1.99. The second-order valence-electron chi connectivity index (χ2n) is 1.78. The van der Waals surface area contributed by atoms with Gasteiger partial charge in [-0.25, -0.2) is 10.2 Å². The first-order valence-electron chi connectivity index (χ1n) is 3.34. The second kappa shape index (κ2) is 7.18. The molecule has 0 aliphatic carbocycles. The van der Waals surface area contributed by atoms with Crippen LogP contribution in [-0.4, -0.2) is 30.2 Å². The summed E-state index contributed by atoms with van der Waals surface area (Å²) in [6.45, 7) is 2.01. The molecule has 1 N–H and O–H groups in total. The summed E-state index contributed by atoms with van der Waals surface area (Å²) in [6.07, 6.45) is -0.606. The number of rotatable bonds is 4. The Morgan fingerprint density at radius 3 is 2.50 bits per heavy atom. The number of alkyl halides is 2. The van der Waals surface area contributed by atoms with Crippen molar-refractivity contribution in [3.05, 3.63) is 0 Å². The van der Waals surface area contributed by atoms with Crippen molar-refractivity contribution >= 4 is 35.0 Å². The summed E-state index contributed by atoms with van der Waals surface area (Å²) >= 11 is 10.8. The monoisotopic (exact) mass is 212 g/mol. The van der Waals surface area contributed by atoms with Crippen molar-refractivity contribution in [2.75, 3.05) is 18.4 Å². The van der Waals surface area contributed by atoms with E-state index < -0.39 is 6.09 Å². The molecule has 6 heteroatoms. The van der Waals surface area contributed by atoms with Crippen molar-refractivity contribution in [3.63, 3.8) is 0 Å². The van der Waals surface area contributed by atoms with Gasteiger partial charge in [-0.1, -0.05) is 0 Å². The predicted molar refractivity (Wildman–Crippen MR) is 49.0 cm³/mol. The zero-order valence-electron chi connectivity index (χ0n) is 6.64. The zero-order valence-corrected chi connectivity index (χ0v) is 8.15. The highest BCUT2D eigenvalue weighted by molar-refractivity contribution is 6.36. The standard InChI is InChI=1S/C6H10Cl2N2O2/c1-2-12-6(11)10-9-5(3-7)4-8/h2-4H2,1H3,(H,10,11). The van der Waals surface area contributed by atoms with E-state index in [4.69, 9.17) is 23.2 Å². The Kier molecular flexibility index (Phi) is 6.90. The number of carbonyl (C=O) groups excluding carboxylic acids is 1. The van der Waals surface area contributed by atoms with Gasteiger partial charge >= 0.3 is 6.09 Å². The Bertz CT molecular complexity index is 167. The first-order chi connectivity index (χ1) is 5.74. The molecule has 0 fully saturated rings. The lowest BCUT2D eigenvalue weighted by Gasteiger charge is -2.00. The van der Waals surface area contributed by atoms with Crippen LogP contribution in [0.2, 0.25) is 0 Å². The van der Waals surface area contributed by atoms with Crippen LogP contribution in [0.25, 0.3) is 0 Å². The quantitative estimate of drug-likeness (QED) is 0.437. The largest absolute Gasteiger partial charge is 0.449 e.